The molecule has 2 rings (SSSR count). The molecule has 0 amide bonds. The molecule has 0 fully saturated rings. The third-order valence-electron chi connectivity index (χ3n) is 2.27. The molecular weight excluding hydrogens is 176 g/mol. The summed E-state index contributed by atoms with van der Waals surface area (Å²) in [5, 5.41) is 7.31. The zero-order valence-electron chi connectivity index (χ0n) is 7.99. The van der Waals surface area contributed by atoms with Crippen molar-refractivity contribution in [3.63, 3.8) is 0 Å². The number of aryl methyl sites for hydroxylation is 1. The first kappa shape index (κ1) is 8.74. The second-order valence-corrected chi connectivity index (χ2v) is 3.15. The lowest BCUT2D eigenvalue weighted by Crippen LogP contribution is -2.10. The van der Waals surface area contributed by atoms with E-state index >= 15 is 0 Å². The van der Waals surface area contributed by atoms with Gasteiger partial charge in [-0.1, -0.05) is 0 Å². The Morgan fingerprint density at radius 1 is 1.57 bits per heavy atom. The number of hydrogen-bond donors (Lipinski definition) is 2. The second-order valence-electron chi connectivity index (χ2n) is 3.15. The van der Waals surface area contributed by atoms with E-state index in [4.69, 9.17) is 11.1 Å². The number of benzene rings is 1. The van der Waals surface area contributed by atoms with Gasteiger partial charge >= 0.3 is 0 Å². The average molecular weight is 188 g/mol. The number of nitrogens with zero attached hydrogens (tertiary/aromatic N) is 2. The average Bonchev–Trinajstić information content (AvgIpc) is 2.59. The van der Waals surface area contributed by atoms with Crippen LogP contribution in [0, 0.1) is 5.41 Å². The molecule has 14 heavy (non-hydrogen) atoms. The first-order valence-corrected chi connectivity index (χ1v) is 4.51. The molecule has 0 spiro atoms. The lowest BCUT2D eigenvalue weighted by molar-refractivity contribution is 0.787. The van der Waals surface area contributed by atoms with Gasteiger partial charge in [0.1, 0.15) is 5.84 Å². The van der Waals surface area contributed by atoms with Crippen LogP contribution >= 0.6 is 0 Å². The van der Waals surface area contributed by atoms with Gasteiger partial charge in [-0.2, -0.15) is 0 Å². The third-order valence-corrected chi connectivity index (χ3v) is 2.27. The van der Waals surface area contributed by atoms with Crippen LogP contribution in [0.3, 0.4) is 0 Å². The maximum Gasteiger partial charge on any atom is 0.122 e. The summed E-state index contributed by atoms with van der Waals surface area (Å²) < 4.78 is 2.05. The van der Waals surface area contributed by atoms with E-state index < -0.39 is 0 Å². The zero-order valence-corrected chi connectivity index (χ0v) is 7.99. The van der Waals surface area contributed by atoms with Gasteiger partial charge in [-0.25, -0.2) is 4.98 Å². The van der Waals surface area contributed by atoms with Crippen molar-refractivity contribution in [1.29, 1.82) is 5.41 Å². The molecule has 72 valence electrons. The lowest BCUT2D eigenvalue weighted by Gasteiger charge is -2.00. The van der Waals surface area contributed by atoms with Crippen molar-refractivity contribution in [2.75, 3.05) is 0 Å². The molecule has 0 radical (unpaired) electrons. The molecule has 4 heteroatoms. The lowest BCUT2D eigenvalue weighted by atomic mass is 10.2. The minimum atomic E-state index is 0.0814. The summed E-state index contributed by atoms with van der Waals surface area (Å²) in [5.41, 5.74) is 8.08. The molecule has 0 bridgehead atoms. The van der Waals surface area contributed by atoms with Crippen LogP contribution in [-0.2, 0) is 6.54 Å². The van der Waals surface area contributed by atoms with E-state index in [0.717, 1.165) is 23.1 Å². The smallest absolute Gasteiger partial charge is 0.122 e. The van der Waals surface area contributed by atoms with Crippen molar-refractivity contribution in [2.24, 2.45) is 5.73 Å². The molecule has 0 aliphatic heterocycles. The van der Waals surface area contributed by atoms with Crippen molar-refractivity contribution >= 4 is 16.9 Å². The van der Waals surface area contributed by atoms with E-state index in [2.05, 4.69) is 16.5 Å². The number of aromatic nitrogens is 2. The molecule has 2 aromatic rings. The van der Waals surface area contributed by atoms with Crippen LogP contribution in [0.15, 0.2) is 24.5 Å². The summed E-state index contributed by atoms with van der Waals surface area (Å²) >= 11 is 0. The number of amidine groups is 1. The van der Waals surface area contributed by atoms with Crippen molar-refractivity contribution < 1.29 is 0 Å². The molecule has 4 nitrogen and oxygen atoms in total. The first-order chi connectivity index (χ1) is 6.72. The summed E-state index contributed by atoms with van der Waals surface area (Å²) in [6, 6.07) is 5.63. The maximum atomic E-state index is 7.31. The fraction of sp³-hybridized carbons (Fsp3) is 0.200. The fourth-order valence-electron chi connectivity index (χ4n) is 1.48. The van der Waals surface area contributed by atoms with E-state index in [1.54, 1.807) is 6.33 Å². The molecule has 0 aliphatic rings. The van der Waals surface area contributed by atoms with Crippen LogP contribution < -0.4 is 5.73 Å². The van der Waals surface area contributed by atoms with Crippen LogP contribution in [0.4, 0.5) is 0 Å². The Kier molecular flexibility index (Phi) is 1.96. The maximum absolute atomic E-state index is 7.31. The number of imidazole rings is 1. The predicted molar refractivity (Wildman–Crippen MR) is 56.4 cm³/mol. The van der Waals surface area contributed by atoms with Gasteiger partial charge in [0.15, 0.2) is 0 Å². The van der Waals surface area contributed by atoms with Gasteiger partial charge in [-0.05, 0) is 25.1 Å². The Balaban J connectivity index is 2.63. The Morgan fingerprint density at radius 3 is 3.00 bits per heavy atom. The number of hydrogen-bond acceptors (Lipinski definition) is 2. The number of rotatable bonds is 2. The standard InChI is InChI=1S/C10H12N4/c1-2-14-6-13-8-5-7(10(11)12)3-4-9(8)14/h3-6H,2H2,1H3,(H3,11,12). The minimum absolute atomic E-state index is 0.0814. The van der Waals surface area contributed by atoms with Crippen LogP contribution in [0.5, 0.6) is 0 Å². The van der Waals surface area contributed by atoms with Gasteiger partial charge < -0.3 is 10.3 Å². The number of nitrogen functional groups attached to an aromatic ring is 1. The number of fused-ring (bicyclic) bond motifs is 1. The molecule has 3 N–H and O–H groups in total. The van der Waals surface area contributed by atoms with Gasteiger partial charge in [-0.3, -0.25) is 5.41 Å². The highest BCUT2D eigenvalue weighted by Crippen LogP contribution is 2.14. The molecule has 1 heterocycles. The van der Waals surface area contributed by atoms with Crippen LogP contribution in [0.25, 0.3) is 11.0 Å². The summed E-state index contributed by atoms with van der Waals surface area (Å²) in [4.78, 5) is 4.24. The molecule has 0 unspecified atom stereocenters. The van der Waals surface area contributed by atoms with Crippen molar-refractivity contribution in [1.82, 2.24) is 9.55 Å². The highest BCUT2D eigenvalue weighted by molar-refractivity contribution is 5.97. The summed E-state index contributed by atoms with van der Waals surface area (Å²) in [5.74, 6) is 0.0814. The normalized spacial score (nSPS) is 10.6. The van der Waals surface area contributed by atoms with Crippen LogP contribution in [0.2, 0.25) is 0 Å². The Morgan fingerprint density at radius 2 is 2.36 bits per heavy atom. The van der Waals surface area contributed by atoms with Crippen molar-refractivity contribution in [3.8, 4) is 0 Å². The Hall–Kier alpha value is -1.84. The summed E-state index contributed by atoms with van der Waals surface area (Å²) in [6.45, 7) is 2.97. The molecule has 1 aromatic heterocycles. The van der Waals surface area contributed by atoms with Crippen molar-refractivity contribution in [2.45, 2.75) is 13.5 Å². The zero-order chi connectivity index (χ0) is 10.1. The van der Waals surface area contributed by atoms with Gasteiger partial charge in [0.2, 0.25) is 0 Å². The molecule has 1 aromatic carbocycles. The summed E-state index contributed by atoms with van der Waals surface area (Å²) in [7, 11) is 0. The van der Waals surface area contributed by atoms with Gasteiger partial charge in [0.05, 0.1) is 17.4 Å². The molecule has 0 saturated heterocycles. The van der Waals surface area contributed by atoms with Crippen LogP contribution in [0.1, 0.15) is 12.5 Å². The number of nitrogens with two attached hydrogens (primary N) is 1. The monoisotopic (exact) mass is 188 g/mol. The van der Waals surface area contributed by atoms with Gasteiger partial charge in [0, 0.05) is 12.1 Å². The predicted octanol–water partition coefficient (Wildman–Crippen LogP) is 1.34. The quantitative estimate of drug-likeness (QED) is 0.551. The van der Waals surface area contributed by atoms with E-state index in [-0.39, 0.29) is 5.84 Å². The second kappa shape index (κ2) is 3.14. The van der Waals surface area contributed by atoms with E-state index in [9.17, 15) is 0 Å². The van der Waals surface area contributed by atoms with Crippen molar-refractivity contribution in [3.05, 3.63) is 30.1 Å². The summed E-state index contributed by atoms with van der Waals surface area (Å²) in [6.07, 6.45) is 1.80. The van der Waals surface area contributed by atoms with Crippen LogP contribution in [-0.4, -0.2) is 15.4 Å². The highest BCUT2D eigenvalue weighted by atomic mass is 15.0. The fourth-order valence-corrected chi connectivity index (χ4v) is 1.48. The third kappa shape index (κ3) is 1.25. The first-order valence-electron chi connectivity index (χ1n) is 4.51. The number of nitrogens with one attached hydrogen (secondary N) is 1. The van der Waals surface area contributed by atoms with E-state index in [0.29, 0.717) is 0 Å². The largest absolute Gasteiger partial charge is 0.384 e. The minimum Gasteiger partial charge on any atom is -0.384 e. The highest BCUT2D eigenvalue weighted by Gasteiger charge is 2.03. The Labute approximate surface area is 81.9 Å². The van der Waals surface area contributed by atoms with E-state index in [1.165, 1.54) is 0 Å². The van der Waals surface area contributed by atoms with Gasteiger partial charge in [0.25, 0.3) is 0 Å². The molecule has 0 saturated carbocycles. The Bertz CT molecular complexity index is 484. The molecule has 0 aliphatic carbocycles. The molecular formula is C10H12N4. The SMILES string of the molecule is CCn1cnc2cc(C(=N)N)ccc21. The van der Waals surface area contributed by atoms with E-state index in [1.807, 2.05) is 18.2 Å². The topological polar surface area (TPSA) is 67.7 Å². The van der Waals surface area contributed by atoms with Gasteiger partial charge in [-0.15, -0.1) is 0 Å². The molecule has 0 atom stereocenters.